The highest BCUT2D eigenvalue weighted by Crippen LogP contribution is 2.19. The van der Waals surface area contributed by atoms with Crippen LogP contribution in [0.3, 0.4) is 0 Å². The van der Waals surface area contributed by atoms with E-state index in [1.807, 2.05) is 6.07 Å². The van der Waals surface area contributed by atoms with Crippen molar-refractivity contribution in [3.63, 3.8) is 0 Å². The number of esters is 1. The molecular weight excluding hydrogens is 288 g/mol. The van der Waals surface area contributed by atoms with Crippen LogP contribution < -0.4 is 5.32 Å². The second-order valence-corrected chi connectivity index (χ2v) is 6.71. The highest BCUT2D eigenvalue weighted by molar-refractivity contribution is 5.89. The molecule has 0 spiro atoms. The molecule has 0 amide bonds. The van der Waals surface area contributed by atoms with Crippen molar-refractivity contribution < 1.29 is 9.53 Å². The second-order valence-electron chi connectivity index (χ2n) is 6.71. The molecule has 3 rings (SSSR count). The highest BCUT2D eigenvalue weighted by Gasteiger charge is 2.18. The molecule has 1 fully saturated rings. The molecule has 0 saturated carbocycles. The summed E-state index contributed by atoms with van der Waals surface area (Å²) in [6, 6.07) is 6.11. The molecule has 0 unspecified atom stereocenters. The predicted molar refractivity (Wildman–Crippen MR) is 91.8 cm³/mol. The monoisotopic (exact) mass is 316 g/mol. The van der Waals surface area contributed by atoms with E-state index >= 15 is 0 Å². The first-order chi connectivity index (χ1) is 11.3. The number of benzene rings is 1. The van der Waals surface area contributed by atoms with Gasteiger partial charge < -0.3 is 15.0 Å². The SMILES string of the molecule is CCN1CCc2ccc(C(=O)OCC3CCNCC3)cc2CC1. The van der Waals surface area contributed by atoms with Crippen molar-refractivity contribution in [2.75, 3.05) is 39.3 Å². The van der Waals surface area contributed by atoms with Gasteiger partial charge in [0.25, 0.3) is 0 Å². The minimum Gasteiger partial charge on any atom is -0.462 e. The van der Waals surface area contributed by atoms with Gasteiger partial charge in [-0.25, -0.2) is 4.79 Å². The zero-order valence-corrected chi connectivity index (χ0v) is 14.1. The number of fused-ring (bicyclic) bond motifs is 1. The van der Waals surface area contributed by atoms with E-state index in [2.05, 4.69) is 29.3 Å². The zero-order valence-electron chi connectivity index (χ0n) is 14.1. The molecule has 23 heavy (non-hydrogen) atoms. The number of carbonyl (C=O) groups is 1. The lowest BCUT2D eigenvalue weighted by molar-refractivity contribution is 0.0415. The van der Waals surface area contributed by atoms with Gasteiger partial charge in [0.15, 0.2) is 0 Å². The van der Waals surface area contributed by atoms with E-state index < -0.39 is 0 Å². The summed E-state index contributed by atoms with van der Waals surface area (Å²) in [5.74, 6) is 0.349. The average molecular weight is 316 g/mol. The lowest BCUT2D eigenvalue weighted by Gasteiger charge is -2.22. The summed E-state index contributed by atoms with van der Waals surface area (Å²) in [7, 11) is 0. The van der Waals surface area contributed by atoms with E-state index in [9.17, 15) is 4.79 Å². The third-order valence-corrected chi connectivity index (χ3v) is 5.19. The van der Waals surface area contributed by atoms with Gasteiger partial charge in [-0.3, -0.25) is 0 Å². The van der Waals surface area contributed by atoms with Crippen molar-refractivity contribution >= 4 is 5.97 Å². The molecule has 1 N–H and O–H groups in total. The summed E-state index contributed by atoms with van der Waals surface area (Å²) in [6.45, 7) is 8.13. The summed E-state index contributed by atoms with van der Waals surface area (Å²) >= 11 is 0. The van der Waals surface area contributed by atoms with Crippen LogP contribution in [0.5, 0.6) is 0 Å². The van der Waals surface area contributed by atoms with Crippen LogP contribution in [-0.2, 0) is 17.6 Å². The predicted octanol–water partition coefficient (Wildman–Crippen LogP) is 2.26. The van der Waals surface area contributed by atoms with E-state index in [1.165, 1.54) is 11.1 Å². The standard InChI is InChI=1S/C19H28N2O2/c1-2-21-11-7-16-3-4-18(13-17(16)8-12-21)19(22)23-14-15-5-9-20-10-6-15/h3-4,13,15,20H,2,5-12,14H2,1H3. The summed E-state index contributed by atoms with van der Waals surface area (Å²) in [6.07, 6.45) is 4.31. The van der Waals surface area contributed by atoms with E-state index in [0.717, 1.165) is 58.4 Å². The zero-order chi connectivity index (χ0) is 16.1. The van der Waals surface area contributed by atoms with Gasteiger partial charge in [-0.05, 0) is 74.5 Å². The van der Waals surface area contributed by atoms with Gasteiger partial charge in [-0.15, -0.1) is 0 Å². The van der Waals surface area contributed by atoms with Crippen LogP contribution in [0.2, 0.25) is 0 Å². The van der Waals surface area contributed by atoms with Gasteiger partial charge in [0.1, 0.15) is 0 Å². The Morgan fingerprint density at radius 1 is 1.22 bits per heavy atom. The van der Waals surface area contributed by atoms with Gasteiger partial charge in [-0.2, -0.15) is 0 Å². The first-order valence-corrected chi connectivity index (χ1v) is 8.98. The highest BCUT2D eigenvalue weighted by atomic mass is 16.5. The first kappa shape index (κ1) is 16.5. The molecule has 0 radical (unpaired) electrons. The van der Waals surface area contributed by atoms with Gasteiger partial charge in [0.2, 0.25) is 0 Å². The van der Waals surface area contributed by atoms with Crippen molar-refractivity contribution in [3.05, 3.63) is 34.9 Å². The maximum atomic E-state index is 12.3. The number of rotatable bonds is 4. The number of piperidine rings is 1. The Morgan fingerprint density at radius 3 is 2.70 bits per heavy atom. The molecule has 1 aromatic carbocycles. The molecule has 4 heteroatoms. The van der Waals surface area contributed by atoms with Crippen molar-refractivity contribution in [3.8, 4) is 0 Å². The van der Waals surface area contributed by atoms with Crippen molar-refractivity contribution in [2.24, 2.45) is 5.92 Å². The van der Waals surface area contributed by atoms with E-state index in [1.54, 1.807) is 0 Å². The molecule has 2 aliphatic rings. The molecule has 4 nitrogen and oxygen atoms in total. The maximum Gasteiger partial charge on any atom is 0.338 e. The van der Waals surface area contributed by atoms with Gasteiger partial charge >= 0.3 is 5.97 Å². The van der Waals surface area contributed by atoms with E-state index in [0.29, 0.717) is 18.1 Å². The summed E-state index contributed by atoms with van der Waals surface area (Å²) < 4.78 is 5.55. The fourth-order valence-electron chi connectivity index (χ4n) is 3.54. The van der Waals surface area contributed by atoms with E-state index in [4.69, 9.17) is 4.74 Å². The Labute approximate surface area is 139 Å². The minimum atomic E-state index is -0.164. The molecular formula is C19H28N2O2. The van der Waals surface area contributed by atoms with E-state index in [-0.39, 0.29) is 5.97 Å². The van der Waals surface area contributed by atoms with Gasteiger partial charge in [-0.1, -0.05) is 13.0 Å². The topological polar surface area (TPSA) is 41.6 Å². The van der Waals surface area contributed by atoms with Crippen LogP contribution in [0.25, 0.3) is 0 Å². The quantitative estimate of drug-likeness (QED) is 0.865. The number of ether oxygens (including phenoxy) is 1. The third kappa shape index (κ3) is 4.33. The van der Waals surface area contributed by atoms with Gasteiger partial charge in [0, 0.05) is 13.1 Å². The Kier molecular flexibility index (Phi) is 5.68. The number of carbonyl (C=O) groups excluding carboxylic acids is 1. The van der Waals surface area contributed by atoms with Crippen LogP contribution in [0.1, 0.15) is 41.3 Å². The van der Waals surface area contributed by atoms with Gasteiger partial charge in [0.05, 0.1) is 12.2 Å². The Bertz CT molecular complexity index is 538. The Morgan fingerprint density at radius 2 is 1.96 bits per heavy atom. The third-order valence-electron chi connectivity index (χ3n) is 5.19. The first-order valence-electron chi connectivity index (χ1n) is 8.98. The fraction of sp³-hybridized carbons (Fsp3) is 0.632. The Hall–Kier alpha value is -1.39. The smallest absolute Gasteiger partial charge is 0.338 e. The number of nitrogens with zero attached hydrogens (tertiary/aromatic N) is 1. The molecule has 2 heterocycles. The number of hydrogen-bond acceptors (Lipinski definition) is 4. The normalized spacial score (nSPS) is 19.9. The number of likely N-dealkylation sites (N-methyl/N-ethyl adjacent to an activating group) is 1. The average Bonchev–Trinajstić information content (AvgIpc) is 2.82. The minimum absolute atomic E-state index is 0.164. The molecule has 2 aliphatic heterocycles. The summed E-state index contributed by atoms with van der Waals surface area (Å²) in [5, 5.41) is 3.34. The second kappa shape index (κ2) is 7.93. The van der Waals surface area contributed by atoms with Crippen molar-refractivity contribution in [1.82, 2.24) is 10.2 Å². The molecule has 126 valence electrons. The molecule has 1 aromatic rings. The van der Waals surface area contributed by atoms with Crippen LogP contribution in [0.15, 0.2) is 18.2 Å². The summed E-state index contributed by atoms with van der Waals surface area (Å²) in [4.78, 5) is 14.8. The largest absolute Gasteiger partial charge is 0.462 e. The van der Waals surface area contributed by atoms with Crippen molar-refractivity contribution in [1.29, 1.82) is 0 Å². The lowest BCUT2D eigenvalue weighted by atomic mass is 9.99. The number of nitrogens with one attached hydrogen (secondary N) is 1. The Balaban J connectivity index is 1.60. The van der Waals surface area contributed by atoms with Crippen LogP contribution >= 0.6 is 0 Å². The van der Waals surface area contributed by atoms with Crippen LogP contribution in [0.4, 0.5) is 0 Å². The molecule has 0 aromatic heterocycles. The number of hydrogen-bond donors (Lipinski definition) is 1. The fourth-order valence-corrected chi connectivity index (χ4v) is 3.54. The van der Waals surface area contributed by atoms with Crippen LogP contribution in [-0.4, -0.2) is 50.2 Å². The van der Waals surface area contributed by atoms with Crippen LogP contribution in [0, 0.1) is 5.92 Å². The summed E-state index contributed by atoms with van der Waals surface area (Å²) in [5.41, 5.74) is 3.41. The molecule has 0 bridgehead atoms. The maximum absolute atomic E-state index is 12.3. The van der Waals surface area contributed by atoms with Crippen molar-refractivity contribution in [2.45, 2.75) is 32.6 Å². The molecule has 1 saturated heterocycles. The lowest BCUT2D eigenvalue weighted by Crippen LogP contribution is -2.30. The molecule has 0 atom stereocenters. The molecule has 0 aliphatic carbocycles.